The minimum atomic E-state index is 0.0329. The van der Waals surface area contributed by atoms with E-state index in [4.69, 9.17) is 4.74 Å². The van der Waals surface area contributed by atoms with E-state index in [1.807, 2.05) is 12.3 Å². The Bertz CT molecular complexity index is 367. The first kappa shape index (κ1) is 9.27. The Labute approximate surface area is 82.5 Å². The predicted octanol–water partition coefficient (Wildman–Crippen LogP) is 0.851. The van der Waals surface area contributed by atoms with Crippen LogP contribution in [0.4, 0.5) is 5.69 Å². The third-order valence-corrected chi connectivity index (χ3v) is 2.54. The van der Waals surface area contributed by atoms with Crippen LogP contribution >= 0.6 is 0 Å². The molecule has 2 rings (SSSR count). The molecular weight excluding hydrogens is 180 g/mol. The molecule has 0 saturated carbocycles. The van der Waals surface area contributed by atoms with Gasteiger partial charge in [0.15, 0.2) is 0 Å². The van der Waals surface area contributed by atoms with E-state index in [0.717, 1.165) is 13.0 Å². The normalized spacial score (nSPS) is 21.1. The SMILES string of the molecule is CNc1cccn([C@H]2CCOC2)c1=O. The standard InChI is InChI=1S/C10H14N2O2/c1-11-9-3-2-5-12(10(9)13)8-4-6-14-7-8/h2-3,5,8,11H,4,6-7H2,1H3/t8-/m0/s1. The highest BCUT2D eigenvalue weighted by atomic mass is 16.5. The fraction of sp³-hybridized carbons (Fsp3) is 0.500. The van der Waals surface area contributed by atoms with Gasteiger partial charge in [-0.05, 0) is 18.6 Å². The molecule has 0 radical (unpaired) electrons. The van der Waals surface area contributed by atoms with E-state index in [2.05, 4.69) is 5.32 Å². The summed E-state index contributed by atoms with van der Waals surface area (Å²) < 4.78 is 7.01. The van der Waals surface area contributed by atoms with Crippen LogP contribution in [0, 0.1) is 0 Å². The Balaban J connectivity index is 2.37. The molecule has 76 valence electrons. The second kappa shape index (κ2) is 3.84. The molecule has 1 atom stereocenters. The number of rotatable bonds is 2. The summed E-state index contributed by atoms with van der Waals surface area (Å²) >= 11 is 0. The van der Waals surface area contributed by atoms with Crippen molar-refractivity contribution in [2.75, 3.05) is 25.6 Å². The van der Waals surface area contributed by atoms with E-state index in [-0.39, 0.29) is 11.6 Å². The minimum absolute atomic E-state index is 0.0329. The molecule has 14 heavy (non-hydrogen) atoms. The number of nitrogens with one attached hydrogen (secondary N) is 1. The maximum Gasteiger partial charge on any atom is 0.274 e. The molecule has 0 spiro atoms. The predicted molar refractivity (Wildman–Crippen MR) is 54.7 cm³/mol. The first-order valence-electron chi connectivity index (χ1n) is 4.79. The van der Waals surface area contributed by atoms with Crippen molar-refractivity contribution in [2.24, 2.45) is 0 Å². The lowest BCUT2D eigenvalue weighted by atomic mass is 10.2. The van der Waals surface area contributed by atoms with Crippen LogP contribution in [0.1, 0.15) is 12.5 Å². The van der Waals surface area contributed by atoms with Crippen molar-refractivity contribution in [1.82, 2.24) is 4.57 Å². The lowest BCUT2D eigenvalue weighted by Crippen LogP contribution is -2.26. The van der Waals surface area contributed by atoms with Gasteiger partial charge in [-0.25, -0.2) is 0 Å². The van der Waals surface area contributed by atoms with Crippen LogP contribution in [0.15, 0.2) is 23.1 Å². The van der Waals surface area contributed by atoms with Gasteiger partial charge >= 0.3 is 0 Å². The molecule has 4 heteroatoms. The Kier molecular flexibility index (Phi) is 2.54. The molecule has 1 aliphatic rings. The first-order valence-corrected chi connectivity index (χ1v) is 4.79. The average molecular weight is 194 g/mol. The lowest BCUT2D eigenvalue weighted by Gasteiger charge is -2.12. The van der Waals surface area contributed by atoms with Crippen LogP contribution in [0.3, 0.4) is 0 Å². The van der Waals surface area contributed by atoms with Crippen molar-refractivity contribution >= 4 is 5.69 Å². The van der Waals surface area contributed by atoms with E-state index in [1.54, 1.807) is 17.7 Å². The van der Waals surface area contributed by atoms with Gasteiger partial charge in [-0.1, -0.05) is 0 Å². The molecule has 1 saturated heterocycles. The summed E-state index contributed by atoms with van der Waals surface area (Å²) in [5, 5.41) is 2.88. The highest BCUT2D eigenvalue weighted by Crippen LogP contribution is 2.16. The number of ether oxygens (including phenoxy) is 1. The topological polar surface area (TPSA) is 43.3 Å². The number of anilines is 1. The van der Waals surface area contributed by atoms with Crippen molar-refractivity contribution < 1.29 is 4.74 Å². The molecule has 0 amide bonds. The van der Waals surface area contributed by atoms with Crippen LogP contribution < -0.4 is 10.9 Å². The van der Waals surface area contributed by atoms with Crippen LogP contribution in [-0.4, -0.2) is 24.8 Å². The monoisotopic (exact) mass is 194 g/mol. The number of nitrogens with zero attached hydrogens (tertiary/aromatic N) is 1. The third-order valence-electron chi connectivity index (χ3n) is 2.54. The van der Waals surface area contributed by atoms with Crippen molar-refractivity contribution in [1.29, 1.82) is 0 Å². The molecule has 2 heterocycles. The van der Waals surface area contributed by atoms with Gasteiger partial charge in [0.2, 0.25) is 0 Å². The van der Waals surface area contributed by atoms with Gasteiger partial charge in [0.05, 0.1) is 12.6 Å². The smallest absolute Gasteiger partial charge is 0.274 e. The van der Waals surface area contributed by atoms with Gasteiger partial charge in [-0.3, -0.25) is 4.79 Å². The van der Waals surface area contributed by atoms with Gasteiger partial charge in [0.25, 0.3) is 5.56 Å². The number of hydrogen-bond acceptors (Lipinski definition) is 3. The molecule has 0 unspecified atom stereocenters. The van der Waals surface area contributed by atoms with Crippen LogP contribution in [0.2, 0.25) is 0 Å². The first-order chi connectivity index (χ1) is 6.83. The number of hydrogen-bond donors (Lipinski definition) is 1. The zero-order chi connectivity index (χ0) is 9.97. The van der Waals surface area contributed by atoms with Gasteiger partial charge in [0.1, 0.15) is 5.69 Å². The molecule has 4 nitrogen and oxygen atoms in total. The molecule has 0 aromatic carbocycles. The van der Waals surface area contributed by atoms with E-state index in [9.17, 15) is 4.79 Å². The summed E-state index contributed by atoms with van der Waals surface area (Å²) in [5.41, 5.74) is 0.671. The Morgan fingerprint density at radius 3 is 3.14 bits per heavy atom. The maximum atomic E-state index is 11.8. The number of pyridine rings is 1. The lowest BCUT2D eigenvalue weighted by molar-refractivity contribution is 0.186. The Morgan fingerprint density at radius 2 is 2.50 bits per heavy atom. The van der Waals surface area contributed by atoms with Gasteiger partial charge in [0, 0.05) is 19.9 Å². The summed E-state index contributed by atoms with van der Waals surface area (Å²) in [6.45, 7) is 1.40. The van der Waals surface area contributed by atoms with E-state index < -0.39 is 0 Å². The molecule has 1 aromatic heterocycles. The van der Waals surface area contributed by atoms with Gasteiger partial charge < -0.3 is 14.6 Å². The number of aromatic nitrogens is 1. The molecule has 0 bridgehead atoms. The van der Waals surface area contributed by atoms with Crippen molar-refractivity contribution in [3.8, 4) is 0 Å². The Hall–Kier alpha value is -1.29. The summed E-state index contributed by atoms with van der Waals surface area (Å²) in [7, 11) is 1.76. The highest BCUT2D eigenvalue weighted by Gasteiger charge is 2.18. The van der Waals surface area contributed by atoms with E-state index >= 15 is 0 Å². The third kappa shape index (κ3) is 1.53. The quantitative estimate of drug-likeness (QED) is 0.759. The molecular formula is C10H14N2O2. The van der Waals surface area contributed by atoms with Crippen molar-refractivity contribution in [2.45, 2.75) is 12.5 Å². The molecule has 0 aliphatic carbocycles. The summed E-state index contributed by atoms with van der Waals surface area (Å²) in [6, 6.07) is 3.87. The molecule has 1 fully saturated rings. The largest absolute Gasteiger partial charge is 0.384 e. The van der Waals surface area contributed by atoms with Gasteiger partial charge in [-0.2, -0.15) is 0 Å². The van der Waals surface area contributed by atoms with Crippen LogP contribution in [0.25, 0.3) is 0 Å². The van der Waals surface area contributed by atoms with Crippen LogP contribution in [0.5, 0.6) is 0 Å². The Morgan fingerprint density at radius 1 is 1.64 bits per heavy atom. The van der Waals surface area contributed by atoms with Crippen LogP contribution in [-0.2, 0) is 4.74 Å². The second-order valence-corrected chi connectivity index (χ2v) is 3.40. The van der Waals surface area contributed by atoms with Gasteiger partial charge in [-0.15, -0.1) is 0 Å². The molecule has 1 aliphatic heterocycles. The molecule has 1 aromatic rings. The van der Waals surface area contributed by atoms with Crippen molar-refractivity contribution in [3.05, 3.63) is 28.7 Å². The van der Waals surface area contributed by atoms with E-state index in [1.165, 1.54) is 0 Å². The minimum Gasteiger partial charge on any atom is -0.384 e. The fourth-order valence-electron chi connectivity index (χ4n) is 1.73. The van der Waals surface area contributed by atoms with Crippen molar-refractivity contribution in [3.63, 3.8) is 0 Å². The summed E-state index contributed by atoms with van der Waals surface area (Å²) in [5.74, 6) is 0. The summed E-state index contributed by atoms with van der Waals surface area (Å²) in [4.78, 5) is 11.8. The van der Waals surface area contributed by atoms with E-state index in [0.29, 0.717) is 12.3 Å². The second-order valence-electron chi connectivity index (χ2n) is 3.40. The molecule has 1 N–H and O–H groups in total. The fourth-order valence-corrected chi connectivity index (χ4v) is 1.73. The zero-order valence-electron chi connectivity index (χ0n) is 8.19. The maximum absolute atomic E-state index is 11.8. The zero-order valence-corrected chi connectivity index (χ0v) is 8.19. The highest BCUT2D eigenvalue weighted by molar-refractivity contribution is 5.39. The average Bonchev–Trinajstić information content (AvgIpc) is 2.71. The summed E-state index contributed by atoms with van der Waals surface area (Å²) in [6.07, 6.45) is 2.75.